The van der Waals surface area contributed by atoms with Crippen LogP contribution in [-0.4, -0.2) is 22.4 Å². The summed E-state index contributed by atoms with van der Waals surface area (Å²) in [6, 6.07) is 3.47. The molecule has 0 aliphatic rings. The zero-order chi connectivity index (χ0) is 11.8. The van der Waals surface area contributed by atoms with E-state index in [4.69, 9.17) is 18.0 Å². The number of unbranched alkanes of at least 4 members (excludes halogenated alkanes) is 1. The van der Waals surface area contributed by atoms with Gasteiger partial charge in [-0.2, -0.15) is 0 Å². The highest BCUT2D eigenvalue weighted by atomic mass is 32.1. The van der Waals surface area contributed by atoms with E-state index in [0.29, 0.717) is 17.1 Å². The van der Waals surface area contributed by atoms with Crippen LogP contribution in [0.3, 0.4) is 0 Å². The Morgan fingerprint density at radius 2 is 2.31 bits per heavy atom. The number of hydrogen-bond donors (Lipinski definition) is 2. The highest BCUT2D eigenvalue weighted by Crippen LogP contribution is 1.97. The molecule has 1 aromatic rings. The summed E-state index contributed by atoms with van der Waals surface area (Å²) in [5.41, 5.74) is 5.94. The molecule has 1 aromatic heterocycles. The number of carbonyl (C=O) groups excluding carboxylic acids is 1. The van der Waals surface area contributed by atoms with E-state index < -0.39 is 0 Å². The smallest absolute Gasteiger partial charge is 0.252 e. The topological polar surface area (TPSA) is 68.0 Å². The van der Waals surface area contributed by atoms with Gasteiger partial charge in [0, 0.05) is 18.9 Å². The monoisotopic (exact) mass is 237 g/mol. The summed E-state index contributed by atoms with van der Waals surface area (Å²) < 4.78 is 0. The van der Waals surface area contributed by atoms with Crippen LogP contribution >= 0.6 is 12.2 Å². The van der Waals surface area contributed by atoms with Crippen molar-refractivity contribution in [1.29, 1.82) is 0 Å². The van der Waals surface area contributed by atoms with E-state index in [1.807, 2.05) is 0 Å². The number of carbonyl (C=O) groups is 1. The molecule has 1 rings (SSSR count). The predicted octanol–water partition coefficient (Wildman–Crippen LogP) is 1.27. The summed E-state index contributed by atoms with van der Waals surface area (Å²) in [5, 5.41) is 2.81. The Bertz CT molecular complexity index is 354. The maximum Gasteiger partial charge on any atom is 0.252 e. The molecule has 16 heavy (non-hydrogen) atoms. The molecule has 1 heterocycles. The van der Waals surface area contributed by atoms with Crippen LogP contribution in [0.5, 0.6) is 0 Å². The fourth-order valence-electron chi connectivity index (χ4n) is 1.23. The first-order chi connectivity index (χ1) is 7.70. The Balaban J connectivity index is 2.19. The molecular formula is C11H15N3OS. The Kier molecular flexibility index (Phi) is 5.42. The van der Waals surface area contributed by atoms with Crippen molar-refractivity contribution >= 4 is 23.1 Å². The van der Waals surface area contributed by atoms with Gasteiger partial charge >= 0.3 is 0 Å². The molecule has 0 aliphatic heterocycles. The van der Waals surface area contributed by atoms with Gasteiger partial charge in [0.05, 0.1) is 10.6 Å². The third-order valence-electron chi connectivity index (χ3n) is 2.06. The Morgan fingerprint density at radius 3 is 2.94 bits per heavy atom. The lowest BCUT2D eigenvalue weighted by molar-refractivity contribution is 0.0952. The summed E-state index contributed by atoms with van der Waals surface area (Å²) in [4.78, 5) is 15.9. The summed E-state index contributed by atoms with van der Waals surface area (Å²) >= 11 is 4.76. The van der Waals surface area contributed by atoms with Crippen LogP contribution < -0.4 is 11.1 Å². The van der Waals surface area contributed by atoms with Gasteiger partial charge in [0.25, 0.3) is 5.91 Å². The van der Waals surface area contributed by atoms with E-state index in [2.05, 4.69) is 10.3 Å². The van der Waals surface area contributed by atoms with Crippen molar-refractivity contribution in [2.24, 2.45) is 5.73 Å². The van der Waals surface area contributed by atoms with Crippen LogP contribution in [0.2, 0.25) is 0 Å². The van der Waals surface area contributed by atoms with Crippen molar-refractivity contribution in [3.63, 3.8) is 0 Å². The van der Waals surface area contributed by atoms with Crippen LogP contribution in [0.1, 0.15) is 29.6 Å². The van der Waals surface area contributed by atoms with E-state index in [0.717, 1.165) is 19.3 Å². The first kappa shape index (κ1) is 12.6. The van der Waals surface area contributed by atoms with Gasteiger partial charge in [0.2, 0.25) is 0 Å². The zero-order valence-electron chi connectivity index (χ0n) is 8.98. The average molecular weight is 237 g/mol. The summed E-state index contributed by atoms with van der Waals surface area (Å²) in [5.74, 6) is -0.0941. The highest BCUT2D eigenvalue weighted by Gasteiger charge is 2.03. The molecule has 0 spiro atoms. The Hall–Kier alpha value is -1.49. The second-order valence-electron chi connectivity index (χ2n) is 3.42. The normalized spacial score (nSPS) is 9.75. The Labute approximate surface area is 100 Å². The van der Waals surface area contributed by atoms with Gasteiger partial charge in [-0.15, -0.1) is 0 Å². The molecule has 5 heteroatoms. The van der Waals surface area contributed by atoms with Crippen molar-refractivity contribution in [3.05, 3.63) is 30.1 Å². The maximum atomic E-state index is 11.5. The van der Waals surface area contributed by atoms with Gasteiger partial charge in [0.15, 0.2) is 0 Å². The van der Waals surface area contributed by atoms with Gasteiger partial charge < -0.3 is 11.1 Å². The second-order valence-corrected chi connectivity index (χ2v) is 3.95. The van der Waals surface area contributed by atoms with Crippen molar-refractivity contribution in [1.82, 2.24) is 10.3 Å². The molecule has 0 atom stereocenters. The quantitative estimate of drug-likeness (QED) is 0.577. The molecule has 0 aliphatic carbocycles. The van der Waals surface area contributed by atoms with Gasteiger partial charge in [-0.25, -0.2) is 0 Å². The van der Waals surface area contributed by atoms with E-state index in [1.165, 1.54) is 0 Å². The minimum absolute atomic E-state index is 0.0941. The number of aromatic nitrogens is 1. The molecule has 0 bridgehead atoms. The third-order valence-corrected chi connectivity index (χ3v) is 2.26. The number of nitrogens with one attached hydrogen (secondary N) is 1. The molecule has 1 amide bonds. The zero-order valence-corrected chi connectivity index (χ0v) is 9.80. The van der Waals surface area contributed by atoms with E-state index in [1.54, 1.807) is 24.5 Å². The first-order valence-electron chi connectivity index (χ1n) is 5.16. The maximum absolute atomic E-state index is 11.5. The minimum Gasteiger partial charge on any atom is -0.393 e. The van der Waals surface area contributed by atoms with Crippen molar-refractivity contribution < 1.29 is 4.79 Å². The lowest BCUT2D eigenvalue weighted by Crippen LogP contribution is -2.24. The standard InChI is InChI=1S/C11H15N3OS/c12-10(16)5-1-2-7-14-11(15)9-4-3-6-13-8-9/h3-4,6,8H,1-2,5,7H2,(H2,12,16)(H,14,15). The molecule has 0 fully saturated rings. The molecule has 0 saturated carbocycles. The SMILES string of the molecule is NC(=S)CCCCNC(=O)c1cccnc1. The van der Waals surface area contributed by atoms with Gasteiger partial charge in [-0.1, -0.05) is 12.2 Å². The van der Waals surface area contributed by atoms with E-state index in [9.17, 15) is 4.79 Å². The molecule has 86 valence electrons. The lowest BCUT2D eigenvalue weighted by Gasteiger charge is -2.04. The van der Waals surface area contributed by atoms with E-state index >= 15 is 0 Å². The molecule has 3 N–H and O–H groups in total. The number of nitrogens with two attached hydrogens (primary N) is 1. The second kappa shape index (κ2) is 6.90. The predicted molar refractivity (Wildman–Crippen MR) is 67.2 cm³/mol. The van der Waals surface area contributed by atoms with Crippen molar-refractivity contribution in [2.45, 2.75) is 19.3 Å². The van der Waals surface area contributed by atoms with Crippen LogP contribution in [0, 0.1) is 0 Å². The number of thiocarbonyl (C=S) groups is 1. The van der Waals surface area contributed by atoms with Gasteiger partial charge in [0.1, 0.15) is 0 Å². The number of rotatable bonds is 6. The first-order valence-corrected chi connectivity index (χ1v) is 5.57. The fraction of sp³-hybridized carbons (Fsp3) is 0.364. The average Bonchev–Trinajstić information content (AvgIpc) is 2.29. The summed E-state index contributed by atoms with van der Waals surface area (Å²) in [7, 11) is 0. The van der Waals surface area contributed by atoms with Gasteiger partial charge in [-0.3, -0.25) is 9.78 Å². The molecule has 0 radical (unpaired) electrons. The van der Waals surface area contributed by atoms with Crippen LogP contribution in [0.25, 0.3) is 0 Å². The molecular weight excluding hydrogens is 222 g/mol. The molecule has 0 saturated heterocycles. The molecule has 0 unspecified atom stereocenters. The largest absolute Gasteiger partial charge is 0.393 e. The lowest BCUT2D eigenvalue weighted by atomic mass is 10.2. The van der Waals surface area contributed by atoms with Crippen molar-refractivity contribution in [3.8, 4) is 0 Å². The van der Waals surface area contributed by atoms with Crippen LogP contribution in [0.15, 0.2) is 24.5 Å². The molecule has 4 nitrogen and oxygen atoms in total. The number of pyridine rings is 1. The van der Waals surface area contributed by atoms with Gasteiger partial charge in [-0.05, 0) is 31.4 Å². The number of nitrogens with zero attached hydrogens (tertiary/aromatic N) is 1. The third kappa shape index (κ3) is 4.84. The summed E-state index contributed by atoms with van der Waals surface area (Å²) in [6.45, 7) is 0.635. The van der Waals surface area contributed by atoms with Crippen LogP contribution in [0.4, 0.5) is 0 Å². The summed E-state index contributed by atoms with van der Waals surface area (Å²) in [6.07, 6.45) is 5.70. The van der Waals surface area contributed by atoms with Crippen molar-refractivity contribution in [2.75, 3.05) is 6.54 Å². The number of amides is 1. The van der Waals surface area contributed by atoms with E-state index in [-0.39, 0.29) is 5.91 Å². The fourth-order valence-corrected chi connectivity index (χ4v) is 1.37. The minimum atomic E-state index is -0.0941. The van der Waals surface area contributed by atoms with Crippen LogP contribution in [-0.2, 0) is 0 Å². The molecule has 0 aromatic carbocycles. The Morgan fingerprint density at radius 1 is 1.50 bits per heavy atom. The number of hydrogen-bond acceptors (Lipinski definition) is 3. The highest BCUT2D eigenvalue weighted by molar-refractivity contribution is 7.80.